The first-order chi connectivity index (χ1) is 5.74. The zero-order valence-electron chi connectivity index (χ0n) is 8.42. The van der Waals surface area contributed by atoms with Crippen molar-refractivity contribution in [1.82, 2.24) is 4.90 Å². The molecule has 2 nitrogen and oxygen atoms in total. The lowest BCUT2D eigenvalue weighted by Gasteiger charge is -2.20. The maximum absolute atomic E-state index is 5.46. The van der Waals surface area contributed by atoms with Crippen LogP contribution in [0.4, 0.5) is 0 Å². The molecule has 0 aliphatic carbocycles. The summed E-state index contributed by atoms with van der Waals surface area (Å²) in [6.45, 7) is 8.08. The Morgan fingerprint density at radius 3 is 2.58 bits per heavy atom. The van der Waals surface area contributed by atoms with Crippen molar-refractivity contribution >= 4 is 0 Å². The SMILES string of the molecule is CC1CC(C)N(CCCCN)C1. The number of nitrogens with two attached hydrogens (primary N) is 1. The van der Waals surface area contributed by atoms with Crippen LogP contribution in [0, 0.1) is 5.92 Å². The molecule has 1 aliphatic heterocycles. The summed E-state index contributed by atoms with van der Waals surface area (Å²) in [5.74, 6) is 0.901. The summed E-state index contributed by atoms with van der Waals surface area (Å²) in [7, 11) is 0. The molecule has 1 saturated heterocycles. The maximum atomic E-state index is 5.46. The molecule has 2 atom stereocenters. The lowest BCUT2D eigenvalue weighted by molar-refractivity contribution is 0.260. The fraction of sp³-hybridized carbons (Fsp3) is 1.00. The summed E-state index contributed by atoms with van der Waals surface area (Å²) >= 11 is 0. The Bertz CT molecular complexity index is 125. The molecule has 1 heterocycles. The Balaban J connectivity index is 2.15. The molecule has 1 fully saturated rings. The number of likely N-dealkylation sites (tertiary alicyclic amines) is 1. The zero-order valence-corrected chi connectivity index (χ0v) is 8.42. The van der Waals surface area contributed by atoms with Gasteiger partial charge in [-0.2, -0.15) is 0 Å². The molecule has 0 amide bonds. The van der Waals surface area contributed by atoms with Crippen molar-refractivity contribution in [3.05, 3.63) is 0 Å². The minimum Gasteiger partial charge on any atom is -0.330 e. The van der Waals surface area contributed by atoms with E-state index in [9.17, 15) is 0 Å². The van der Waals surface area contributed by atoms with E-state index in [0.717, 1.165) is 18.5 Å². The molecular formula is C10H22N2. The second-order valence-corrected chi connectivity index (χ2v) is 4.18. The quantitative estimate of drug-likeness (QED) is 0.647. The topological polar surface area (TPSA) is 29.3 Å². The van der Waals surface area contributed by atoms with Crippen molar-refractivity contribution in [1.29, 1.82) is 0 Å². The van der Waals surface area contributed by atoms with Crippen molar-refractivity contribution in [2.24, 2.45) is 11.7 Å². The fourth-order valence-corrected chi connectivity index (χ4v) is 2.16. The molecule has 2 heteroatoms. The molecule has 1 aliphatic rings. The summed E-state index contributed by atoms with van der Waals surface area (Å²) in [5.41, 5.74) is 5.46. The molecule has 2 unspecified atom stereocenters. The first kappa shape index (κ1) is 10.0. The fourth-order valence-electron chi connectivity index (χ4n) is 2.16. The van der Waals surface area contributed by atoms with Gasteiger partial charge in [-0.1, -0.05) is 6.92 Å². The van der Waals surface area contributed by atoms with Crippen LogP contribution in [0.25, 0.3) is 0 Å². The highest BCUT2D eigenvalue weighted by atomic mass is 15.2. The summed E-state index contributed by atoms with van der Waals surface area (Å²) in [4.78, 5) is 2.60. The molecule has 0 radical (unpaired) electrons. The summed E-state index contributed by atoms with van der Waals surface area (Å²) in [6, 6.07) is 0.803. The predicted octanol–water partition coefficient (Wildman–Crippen LogP) is 1.46. The first-order valence-electron chi connectivity index (χ1n) is 5.18. The van der Waals surface area contributed by atoms with Crippen LogP contribution >= 0.6 is 0 Å². The third kappa shape index (κ3) is 2.76. The van der Waals surface area contributed by atoms with E-state index in [1.165, 1.54) is 32.4 Å². The monoisotopic (exact) mass is 170 g/mol. The number of rotatable bonds is 4. The Morgan fingerprint density at radius 2 is 2.08 bits per heavy atom. The highest BCUT2D eigenvalue weighted by Crippen LogP contribution is 2.22. The van der Waals surface area contributed by atoms with E-state index in [2.05, 4.69) is 18.7 Å². The van der Waals surface area contributed by atoms with Crippen LogP contribution < -0.4 is 5.73 Å². The maximum Gasteiger partial charge on any atom is 0.00700 e. The van der Waals surface area contributed by atoms with Crippen LogP contribution in [0.3, 0.4) is 0 Å². The smallest absolute Gasteiger partial charge is 0.00700 e. The van der Waals surface area contributed by atoms with E-state index in [-0.39, 0.29) is 0 Å². The van der Waals surface area contributed by atoms with Crippen LogP contribution in [-0.4, -0.2) is 30.6 Å². The number of hydrogen-bond donors (Lipinski definition) is 1. The van der Waals surface area contributed by atoms with Crippen LogP contribution in [-0.2, 0) is 0 Å². The Hall–Kier alpha value is -0.0800. The van der Waals surface area contributed by atoms with Crippen LogP contribution in [0.15, 0.2) is 0 Å². The van der Waals surface area contributed by atoms with Gasteiger partial charge in [0.1, 0.15) is 0 Å². The second-order valence-electron chi connectivity index (χ2n) is 4.18. The van der Waals surface area contributed by atoms with Crippen molar-refractivity contribution < 1.29 is 0 Å². The summed E-state index contributed by atoms with van der Waals surface area (Å²) in [5, 5.41) is 0. The standard InChI is InChI=1S/C10H22N2/c1-9-7-10(2)12(8-9)6-4-3-5-11/h9-10H,3-8,11H2,1-2H3. The molecule has 2 N–H and O–H groups in total. The van der Waals surface area contributed by atoms with E-state index >= 15 is 0 Å². The van der Waals surface area contributed by atoms with E-state index in [0.29, 0.717) is 0 Å². The van der Waals surface area contributed by atoms with Gasteiger partial charge in [0, 0.05) is 12.6 Å². The van der Waals surface area contributed by atoms with Gasteiger partial charge in [-0.25, -0.2) is 0 Å². The molecule has 0 bridgehead atoms. The minimum atomic E-state index is 0.803. The molecular weight excluding hydrogens is 148 g/mol. The van der Waals surface area contributed by atoms with Crippen molar-refractivity contribution in [2.75, 3.05) is 19.6 Å². The van der Waals surface area contributed by atoms with Gasteiger partial charge in [0.15, 0.2) is 0 Å². The van der Waals surface area contributed by atoms with Crippen molar-refractivity contribution in [2.45, 2.75) is 39.2 Å². The zero-order chi connectivity index (χ0) is 8.97. The molecule has 0 aromatic carbocycles. The molecule has 72 valence electrons. The van der Waals surface area contributed by atoms with E-state index in [1.807, 2.05) is 0 Å². The van der Waals surface area contributed by atoms with Gasteiger partial charge in [-0.15, -0.1) is 0 Å². The van der Waals surface area contributed by atoms with E-state index in [1.54, 1.807) is 0 Å². The Morgan fingerprint density at radius 1 is 1.33 bits per heavy atom. The lowest BCUT2D eigenvalue weighted by atomic mass is 10.1. The van der Waals surface area contributed by atoms with E-state index in [4.69, 9.17) is 5.73 Å². The molecule has 0 saturated carbocycles. The average Bonchev–Trinajstić information content (AvgIpc) is 2.31. The number of hydrogen-bond acceptors (Lipinski definition) is 2. The average molecular weight is 170 g/mol. The molecule has 1 rings (SSSR count). The van der Waals surface area contributed by atoms with Crippen LogP contribution in [0.1, 0.15) is 33.1 Å². The lowest BCUT2D eigenvalue weighted by Crippen LogP contribution is -2.28. The largest absolute Gasteiger partial charge is 0.330 e. The highest BCUT2D eigenvalue weighted by Gasteiger charge is 2.24. The highest BCUT2D eigenvalue weighted by molar-refractivity contribution is 4.79. The van der Waals surface area contributed by atoms with Gasteiger partial charge < -0.3 is 10.6 Å². The predicted molar refractivity (Wildman–Crippen MR) is 53.1 cm³/mol. The Kier molecular flexibility index (Phi) is 4.02. The molecule has 0 aromatic heterocycles. The molecule has 0 aromatic rings. The van der Waals surface area contributed by atoms with Crippen LogP contribution in [0.5, 0.6) is 0 Å². The van der Waals surface area contributed by atoms with Crippen molar-refractivity contribution in [3.63, 3.8) is 0 Å². The third-order valence-corrected chi connectivity index (χ3v) is 2.81. The van der Waals surface area contributed by atoms with Crippen LogP contribution in [0.2, 0.25) is 0 Å². The normalized spacial score (nSPS) is 31.2. The summed E-state index contributed by atoms with van der Waals surface area (Å²) in [6.07, 6.45) is 3.83. The first-order valence-corrected chi connectivity index (χ1v) is 5.18. The van der Waals surface area contributed by atoms with Gasteiger partial charge in [0.25, 0.3) is 0 Å². The van der Waals surface area contributed by atoms with Gasteiger partial charge >= 0.3 is 0 Å². The van der Waals surface area contributed by atoms with Gasteiger partial charge in [0.05, 0.1) is 0 Å². The third-order valence-electron chi connectivity index (χ3n) is 2.81. The minimum absolute atomic E-state index is 0.803. The molecule has 12 heavy (non-hydrogen) atoms. The Labute approximate surface area is 76.1 Å². The molecule has 0 spiro atoms. The summed E-state index contributed by atoms with van der Waals surface area (Å²) < 4.78 is 0. The number of unbranched alkanes of at least 4 members (excludes halogenated alkanes) is 1. The van der Waals surface area contributed by atoms with Gasteiger partial charge in [-0.3, -0.25) is 0 Å². The van der Waals surface area contributed by atoms with Crippen molar-refractivity contribution in [3.8, 4) is 0 Å². The van der Waals surface area contributed by atoms with Gasteiger partial charge in [-0.05, 0) is 45.2 Å². The second kappa shape index (κ2) is 4.83. The van der Waals surface area contributed by atoms with Gasteiger partial charge in [0.2, 0.25) is 0 Å². The van der Waals surface area contributed by atoms with E-state index < -0.39 is 0 Å². The number of nitrogens with zero attached hydrogens (tertiary/aromatic N) is 1.